The summed E-state index contributed by atoms with van der Waals surface area (Å²) >= 11 is 8.67. The Balaban J connectivity index is 2.08. The van der Waals surface area contributed by atoms with Crippen molar-refractivity contribution in [2.75, 3.05) is 17.6 Å². The van der Waals surface area contributed by atoms with Gasteiger partial charge in [-0.1, -0.05) is 25.2 Å². The highest BCUT2D eigenvalue weighted by molar-refractivity contribution is 7.99. The molecule has 6 heteroatoms. The second kappa shape index (κ2) is 7.77. The van der Waals surface area contributed by atoms with Crippen molar-refractivity contribution in [1.29, 1.82) is 0 Å². The van der Waals surface area contributed by atoms with Gasteiger partial charge in [-0.25, -0.2) is 4.98 Å². The highest BCUT2D eigenvalue weighted by Gasteiger charge is 2.11. The first kappa shape index (κ1) is 16.3. The fraction of sp³-hybridized carbons (Fsp3) is 0.333. The molecule has 0 aliphatic rings. The van der Waals surface area contributed by atoms with E-state index in [-0.39, 0.29) is 0 Å². The van der Waals surface area contributed by atoms with Gasteiger partial charge < -0.3 is 11.1 Å². The van der Waals surface area contributed by atoms with Gasteiger partial charge in [0.2, 0.25) is 0 Å². The van der Waals surface area contributed by atoms with Gasteiger partial charge in [0, 0.05) is 40.2 Å². The molecule has 3 N–H and O–H groups in total. The molecule has 2 rings (SSSR count). The lowest BCUT2D eigenvalue weighted by atomic mass is 10.1. The van der Waals surface area contributed by atoms with Gasteiger partial charge in [0.05, 0.1) is 5.01 Å². The maximum absolute atomic E-state index is 5.90. The Bertz CT molecular complexity index is 622. The number of anilines is 1. The first-order valence-electron chi connectivity index (χ1n) is 6.82. The molecule has 0 fully saturated rings. The van der Waals surface area contributed by atoms with Crippen LogP contribution in [0.2, 0.25) is 0 Å². The predicted molar refractivity (Wildman–Crippen MR) is 97.8 cm³/mol. The number of benzene rings is 1. The first-order chi connectivity index (χ1) is 10.1. The van der Waals surface area contributed by atoms with Crippen LogP contribution in [-0.4, -0.2) is 22.3 Å². The average molecular weight is 338 g/mol. The maximum atomic E-state index is 5.90. The monoisotopic (exact) mass is 337 g/mol. The Morgan fingerprint density at radius 3 is 2.90 bits per heavy atom. The molecule has 1 aromatic heterocycles. The van der Waals surface area contributed by atoms with Crippen LogP contribution in [0.3, 0.4) is 0 Å². The summed E-state index contributed by atoms with van der Waals surface area (Å²) in [7, 11) is 0. The molecule has 0 bridgehead atoms. The van der Waals surface area contributed by atoms with Crippen LogP contribution < -0.4 is 11.1 Å². The molecule has 0 radical (unpaired) electrons. The molecule has 0 saturated heterocycles. The molecule has 112 valence electrons. The Hall–Kier alpha value is -1.11. The van der Waals surface area contributed by atoms with Gasteiger partial charge in [-0.2, -0.15) is 0 Å². The molecule has 1 heterocycles. The Morgan fingerprint density at radius 1 is 1.48 bits per heavy atom. The highest BCUT2D eigenvalue weighted by atomic mass is 32.2. The molecule has 0 saturated carbocycles. The fourth-order valence-electron chi connectivity index (χ4n) is 2.03. The zero-order chi connectivity index (χ0) is 15.2. The van der Waals surface area contributed by atoms with Crippen molar-refractivity contribution < 1.29 is 0 Å². The van der Waals surface area contributed by atoms with Crippen LogP contribution >= 0.6 is 35.3 Å². The lowest BCUT2D eigenvalue weighted by molar-refractivity contribution is 0.985. The lowest BCUT2D eigenvalue weighted by Gasteiger charge is -2.14. The summed E-state index contributed by atoms with van der Waals surface area (Å²) in [6.07, 6.45) is 0.903. The van der Waals surface area contributed by atoms with Crippen molar-refractivity contribution in [1.82, 2.24) is 4.98 Å². The number of aryl methyl sites for hydroxylation is 1. The van der Waals surface area contributed by atoms with E-state index in [2.05, 4.69) is 28.7 Å². The number of hydrogen-bond donors (Lipinski definition) is 2. The molecular formula is C15H19N3S3. The third-order valence-electron chi connectivity index (χ3n) is 2.89. The van der Waals surface area contributed by atoms with Crippen LogP contribution in [-0.2, 0) is 6.42 Å². The van der Waals surface area contributed by atoms with Gasteiger partial charge in [0.25, 0.3) is 0 Å². The van der Waals surface area contributed by atoms with Gasteiger partial charge in [0.15, 0.2) is 0 Å². The molecule has 0 atom stereocenters. The van der Waals surface area contributed by atoms with Crippen LogP contribution in [0, 0.1) is 6.92 Å². The second-order valence-corrected chi connectivity index (χ2v) is 7.22. The number of aromatic nitrogens is 1. The normalized spacial score (nSPS) is 10.6. The van der Waals surface area contributed by atoms with Crippen LogP contribution in [0.25, 0.3) is 0 Å². The van der Waals surface area contributed by atoms with Crippen molar-refractivity contribution in [2.24, 2.45) is 5.73 Å². The van der Waals surface area contributed by atoms with Gasteiger partial charge >= 0.3 is 0 Å². The molecule has 0 aliphatic heterocycles. The summed E-state index contributed by atoms with van der Waals surface area (Å²) in [4.78, 5) is 6.05. The number of nitrogens with one attached hydrogen (secondary N) is 1. The molecule has 0 amide bonds. The van der Waals surface area contributed by atoms with Crippen molar-refractivity contribution in [2.45, 2.75) is 25.2 Å². The van der Waals surface area contributed by atoms with E-state index >= 15 is 0 Å². The number of hydrogen-bond acceptors (Lipinski definition) is 5. The van der Waals surface area contributed by atoms with E-state index < -0.39 is 0 Å². The minimum absolute atomic E-state index is 0.444. The predicted octanol–water partition coefficient (Wildman–Crippen LogP) is 3.85. The van der Waals surface area contributed by atoms with Crippen molar-refractivity contribution in [3.63, 3.8) is 0 Å². The van der Waals surface area contributed by atoms with Crippen molar-refractivity contribution >= 4 is 46.0 Å². The number of rotatable bonds is 7. The van der Waals surface area contributed by atoms with E-state index in [1.165, 1.54) is 0 Å². The summed E-state index contributed by atoms with van der Waals surface area (Å²) < 4.78 is 0. The number of nitrogens with two attached hydrogens (primary N) is 1. The zero-order valence-electron chi connectivity index (χ0n) is 12.2. The number of nitrogens with zero attached hydrogens (tertiary/aromatic N) is 1. The number of thiocarbonyl (C=S) groups is 1. The molecular weight excluding hydrogens is 318 g/mol. The molecule has 0 unspecified atom stereocenters. The lowest BCUT2D eigenvalue weighted by Crippen LogP contribution is -2.15. The Labute approximate surface area is 139 Å². The van der Waals surface area contributed by atoms with E-state index in [0.717, 1.165) is 45.6 Å². The molecule has 2 aromatic rings. The average Bonchev–Trinajstić information content (AvgIpc) is 2.85. The summed E-state index contributed by atoms with van der Waals surface area (Å²) in [5.74, 6) is 0.997. The van der Waals surface area contributed by atoms with Crippen LogP contribution in [0.1, 0.15) is 23.2 Å². The standard InChI is InChI=1S/C15H19N3S3/c1-3-20-12-6-4-5-11(14(12)15(16)19)17-8-7-13-18-10(2)9-21-13/h4-6,9,17H,3,7-8H2,1-2H3,(H2,16,19). The van der Waals surface area contributed by atoms with Crippen LogP contribution in [0.5, 0.6) is 0 Å². The van der Waals surface area contributed by atoms with Gasteiger partial charge in [-0.05, 0) is 24.8 Å². The summed E-state index contributed by atoms with van der Waals surface area (Å²) in [5.41, 5.74) is 8.95. The maximum Gasteiger partial charge on any atom is 0.107 e. The molecule has 1 aromatic carbocycles. The van der Waals surface area contributed by atoms with Crippen molar-refractivity contribution in [3.05, 3.63) is 39.8 Å². The first-order valence-corrected chi connectivity index (χ1v) is 9.09. The molecule has 0 spiro atoms. The Morgan fingerprint density at radius 2 is 2.29 bits per heavy atom. The number of thioether (sulfide) groups is 1. The van der Waals surface area contributed by atoms with Crippen LogP contribution in [0.4, 0.5) is 5.69 Å². The van der Waals surface area contributed by atoms with Gasteiger partial charge in [0.1, 0.15) is 4.99 Å². The van der Waals surface area contributed by atoms with Gasteiger partial charge in [-0.3, -0.25) is 0 Å². The minimum atomic E-state index is 0.444. The second-order valence-electron chi connectivity index (χ2n) is 4.54. The largest absolute Gasteiger partial charge is 0.389 e. The minimum Gasteiger partial charge on any atom is -0.389 e. The van der Waals surface area contributed by atoms with E-state index in [1.807, 2.05) is 19.1 Å². The smallest absolute Gasteiger partial charge is 0.107 e. The Kier molecular flexibility index (Phi) is 6.02. The van der Waals surface area contributed by atoms with Crippen LogP contribution in [0.15, 0.2) is 28.5 Å². The quantitative estimate of drug-likeness (QED) is 0.594. The third-order valence-corrected chi connectivity index (χ3v) is 5.06. The van der Waals surface area contributed by atoms with Crippen molar-refractivity contribution in [3.8, 4) is 0 Å². The SMILES string of the molecule is CCSc1cccc(NCCc2nc(C)cs2)c1C(N)=S. The zero-order valence-corrected chi connectivity index (χ0v) is 14.6. The fourth-order valence-corrected chi connectivity index (χ4v) is 3.94. The third kappa shape index (κ3) is 4.43. The summed E-state index contributed by atoms with van der Waals surface area (Å²) in [6, 6.07) is 6.13. The topological polar surface area (TPSA) is 50.9 Å². The summed E-state index contributed by atoms with van der Waals surface area (Å²) in [6.45, 7) is 4.96. The molecule has 21 heavy (non-hydrogen) atoms. The number of thiazole rings is 1. The van der Waals surface area contributed by atoms with Gasteiger partial charge in [-0.15, -0.1) is 23.1 Å². The van der Waals surface area contributed by atoms with E-state index in [1.54, 1.807) is 23.1 Å². The van der Waals surface area contributed by atoms with E-state index in [4.69, 9.17) is 18.0 Å². The molecule has 3 nitrogen and oxygen atoms in total. The van der Waals surface area contributed by atoms with E-state index in [9.17, 15) is 0 Å². The van der Waals surface area contributed by atoms with E-state index in [0.29, 0.717) is 4.99 Å². The molecule has 0 aliphatic carbocycles. The summed E-state index contributed by atoms with van der Waals surface area (Å²) in [5, 5.41) is 6.66. The highest BCUT2D eigenvalue weighted by Crippen LogP contribution is 2.28.